The van der Waals surface area contributed by atoms with Crippen molar-refractivity contribution in [2.45, 2.75) is 38.7 Å². The molecule has 2 saturated heterocycles. The maximum Gasteiger partial charge on any atom is 0.409 e. The first-order valence-corrected chi connectivity index (χ1v) is 14.0. The highest BCUT2D eigenvalue weighted by Crippen LogP contribution is 2.34. The van der Waals surface area contributed by atoms with E-state index in [4.69, 9.17) is 14.2 Å². The summed E-state index contributed by atoms with van der Waals surface area (Å²) >= 11 is 0. The second kappa shape index (κ2) is 10.4. The van der Waals surface area contributed by atoms with Gasteiger partial charge in [0.25, 0.3) is 0 Å². The molecule has 2 unspecified atom stereocenters. The van der Waals surface area contributed by atoms with Crippen molar-refractivity contribution in [2.24, 2.45) is 17.3 Å². The molecule has 0 saturated carbocycles. The topological polar surface area (TPSA) is 120 Å². The zero-order chi connectivity index (χ0) is 27.0. The summed E-state index contributed by atoms with van der Waals surface area (Å²) in [5.41, 5.74) is 0.526. The van der Waals surface area contributed by atoms with Crippen molar-refractivity contribution in [3.05, 3.63) is 35.9 Å². The summed E-state index contributed by atoms with van der Waals surface area (Å²) in [6.07, 6.45) is 1.78. The average Bonchev–Trinajstić information content (AvgIpc) is 2.79. The van der Waals surface area contributed by atoms with E-state index in [1.54, 1.807) is 11.8 Å². The number of amides is 1. The third-order valence-electron chi connectivity index (χ3n) is 6.30. The third-order valence-corrected chi connectivity index (χ3v) is 7.41. The first-order valence-electron chi connectivity index (χ1n) is 12.1. The van der Waals surface area contributed by atoms with Gasteiger partial charge in [0, 0.05) is 31.2 Å². The summed E-state index contributed by atoms with van der Waals surface area (Å²) < 4.78 is 55.6. The lowest BCUT2D eigenvalue weighted by Gasteiger charge is -2.46. The first-order chi connectivity index (χ1) is 17.3. The molecule has 2 atom stereocenters. The standard InChI is InChI=1S/C25H33FN4O6S/c1-15-22(29-20-7-6-18(8-19(20)26)37(5,32)33)27-14-28-23(15)36-21-16-9-30(10-17(21)12-34-11-16)24(31)35-13-25(2,3)4/h6-8,14,16-17,21H,9-13H2,1-5H3,(H,27,28,29). The Bertz CT molecular complexity index is 1250. The van der Waals surface area contributed by atoms with E-state index in [0.717, 1.165) is 12.3 Å². The Morgan fingerprint density at radius 3 is 2.49 bits per heavy atom. The smallest absolute Gasteiger partial charge is 0.409 e. The van der Waals surface area contributed by atoms with Gasteiger partial charge in [-0.05, 0) is 30.5 Å². The van der Waals surface area contributed by atoms with Crippen LogP contribution in [0.25, 0.3) is 0 Å². The number of fused-ring (bicyclic) bond motifs is 2. The fraction of sp³-hybridized carbons (Fsp3) is 0.560. The number of nitrogens with zero attached hydrogens (tertiary/aromatic N) is 3. The van der Waals surface area contributed by atoms with Gasteiger partial charge in [0.15, 0.2) is 9.84 Å². The van der Waals surface area contributed by atoms with Crippen molar-refractivity contribution in [1.29, 1.82) is 0 Å². The number of likely N-dealkylation sites (tertiary alicyclic amines) is 1. The van der Waals surface area contributed by atoms with E-state index in [1.165, 1.54) is 18.5 Å². The second-order valence-corrected chi connectivity index (χ2v) is 12.9. The van der Waals surface area contributed by atoms with Gasteiger partial charge in [0.2, 0.25) is 5.88 Å². The Hall–Kier alpha value is -2.99. The molecule has 2 aliphatic rings. The van der Waals surface area contributed by atoms with Crippen LogP contribution in [0.15, 0.2) is 29.4 Å². The van der Waals surface area contributed by atoms with Gasteiger partial charge in [-0.1, -0.05) is 20.8 Å². The maximum absolute atomic E-state index is 14.6. The lowest BCUT2D eigenvalue weighted by atomic mass is 9.84. The molecule has 2 aliphatic heterocycles. The normalized spacial score (nSPS) is 21.9. The van der Waals surface area contributed by atoms with E-state index in [9.17, 15) is 17.6 Å². The number of halogens is 1. The van der Waals surface area contributed by atoms with Crippen LogP contribution in [0.3, 0.4) is 0 Å². The number of hydrogen-bond donors (Lipinski definition) is 1. The van der Waals surface area contributed by atoms with Crippen LogP contribution in [-0.4, -0.2) is 74.6 Å². The third kappa shape index (κ3) is 6.48. The number of anilines is 2. The van der Waals surface area contributed by atoms with Gasteiger partial charge in [0.05, 0.1) is 36.0 Å². The van der Waals surface area contributed by atoms with Gasteiger partial charge in [-0.25, -0.2) is 27.6 Å². The lowest BCUT2D eigenvalue weighted by Crippen LogP contribution is -2.58. The van der Waals surface area contributed by atoms with E-state index in [0.29, 0.717) is 50.2 Å². The van der Waals surface area contributed by atoms with Gasteiger partial charge in [-0.15, -0.1) is 0 Å². The minimum atomic E-state index is -3.53. The van der Waals surface area contributed by atoms with E-state index in [1.807, 2.05) is 20.8 Å². The molecule has 1 aromatic heterocycles. The average molecular weight is 537 g/mol. The van der Waals surface area contributed by atoms with Gasteiger partial charge < -0.3 is 24.4 Å². The molecule has 1 aromatic carbocycles. The minimum absolute atomic E-state index is 0.0681. The van der Waals surface area contributed by atoms with Gasteiger partial charge >= 0.3 is 6.09 Å². The van der Waals surface area contributed by atoms with Crippen molar-refractivity contribution in [2.75, 3.05) is 44.5 Å². The molecule has 10 nitrogen and oxygen atoms in total. The number of nitrogens with one attached hydrogen (secondary N) is 1. The Balaban J connectivity index is 1.47. The fourth-order valence-electron chi connectivity index (χ4n) is 4.37. The van der Waals surface area contributed by atoms with Crippen LogP contribution in [0, 0.1) is 30.0 Å². The molecule has 4 rings (SSSR count). The van der Waals surface area contributed by atoms with Crippen LogP contribution in [0.5, 0.6) is 5.88 Å². The Morgan fingerprint density at radius 1 is 1.22 bits per heavy atom. The molecule has 0 spiro atoms. The van der Waals surface area contributed by atoms with Crippen LogP contribution in [0.4, 0.5) is 20.7 Å². The van der Waals surface area contributed by atoms with E-state index in [2.05, 4.69) is 15.3 Å². The number of aromatic nitrogens is 2. The lowest BCUT2D eigenvalue weighted by molar-refractivity contribution is -0.110. The van der Waals surface area contributed by atoms with Crippen molar-refractivity contribution < 1.29 is 31.8 Å². The van der Waals surface area contributed by atoms with E-state index >= 15 is 0 Å². The van der Waals surface area contributed by atoms with E-state index < -0.39 is 15.7 Å². The first kappa shape index (κ1) is 27.1. The molecule has 2 bridgehead atoms. The van der Waals surface area contributed by atoms with Crippen LogP contribution >= 0.6 is 0 Å². The van der Waals surface area contributed by atoms with Crippen LogP contribution in [0.1, 0.15) is 26.3 Å². The summed E-state index contributed by atoms with van der Waals surface area (Å²) in [4.78, 5) is 22.7. The van der Waals surface area contributed by atoms with Gasteiger partial charge in [0.1, 0.15) is 24.1 Å². The summed E-state index contributed by atoms with van der Waals surface area (Å²) in [6, 6.07) is 3.65. The molecular weight excluding hydrogens is 503 g/mol. The zero-order valence-electron chi connectivity index (χ0n) is 21.7. The summed E-state index contributed by atoms with van der Waals surface area (Å²) in [5.74, 6) is -0.180. The summed E-state index contributed by atoms with van der Waals surface area (Å²) in [7, 11) is -3.53. The molecule has 1 N–H and O–H groups in total. The maximum atomic E-state index is 14.6. The SMILES string of the molecule is Cc1c(Nc2ccc(S(C)(=O)=O)cc2F)ncnc1OC1C2COCC1CN(C(=O)OCC(C)(C)C)C2. The molecule has 12 heteroatoms. The Labute approximate surface area is 216 Å². The van der Waals surface area contributed by atoms with Crippen molar-refractivity contribution in [3.63, 3.8) is 0 Å². The number of piperidine rings is 1. The van der Waals surface area contributed by atoms with Crippen molar-refractivity contribution in [1.82, 2.24) is 14.9 Å². The highest BCUT2D eigenvalue weighted by molar-refractivity contribution is 7.90. The molecule has 2 fully saturated rings. The summed E-state index contributed by atoms with van der Waals surface area (Å²) in [5, 5.41) is 2.90. The minimum Gasteiger partial charge on any atom is -0.473 e. The second-order valence-electron chi connectivity index (χ2n) is 10.9. The Kier molecular flexibility index (Phi) is 7.61. The van der Waals surface area contributed by atoms with Gasteiger partial charge in [-0.2, -0.15) is 0 Å². The fourth-order valence-corrected chi connectivity index (χ4v) is 5.01. The number of rotatable bonds is 6. The van der Waals surface area contributed by atoms with E-state index in [-0.39, 0.29) is 40.0 Å². The number of benzene rings is 1. The molecule has 37 heavy (non-hydrogen) atoms. The van der Waals surface area contributed by atoms with Gasteiger partial charge in [-0.3, -0.25) is 0 Å². The van der Waals surface area contributed by atoms with Crippen LogP contribution < -0.4 is 10.1 Å². The van der Waals surface area contributed by atoms with Crippen molar-refractivity contribution >= 4 is 27.4 Å². The quantitative estimate of drug-likeness (QED) is 0.591. The number of carbonyl (C=O) groups is 1. The van der Waals surface area contributed by atoms with Crippen LogP contribution in [0.2, 0.25) is 0 Å². The predicted molar refractivity (Wildman–Crippen MR) is 134 cm³/mol. The largest absolute Gasteiger partial charge is 0.473 e. The molecule has 2 aromatic rings. The zero-order valence-corrected chi connectivity index (χ0v) is 22.5. The number of ether oxygens (including phenoxy) is 3. The number of hydrogen-bond acceptors (Lipinski definition) is 9. The number of carbonyl (C=O) groups excluding carboxylic acids is 1. The highest BCUT2D eigenvalue weighted by Gasteiger charge is 2.44. The summed E-state index contributed by atoms with van der Waals surface area (Å²) in [6.45, 7) is 9.88. The molecule has 0 radical (unpaired) electrons. The number of sulfone groups is 1. The molecular formula is C25H33FN4O6S. The Morgan fingerprint density at radius 2 is 1.89 bits per heavy atom. The monoisotopic (exact) mass is 536 g/mol. The molecule has 202 valence electrons. The highest BCUT2D eigenvalue weighted by atomic mass is 32.2. The molecule has 0 aliphatic carbocycles. The molecule has 1 amide bonds. The molecule has 3 heterocycles. The van der Waals surface area contributed by atoms with Crippen LogP contribution in [-0.2, 0) is 19.3 Å². The predicted octanol–water partition coefficient (Wildman–Crippen LogP) is 3.58. The van der Waals surface area contributed by atoms with Crippen molar-refractivity contribution in [3.8, 4) is 5.88 Å².